The zero-order valence-electron chi connectivity index (χ0n) is 31.8. The zero-order valence-corrected chi connectivity index (χ0v) is 34.4. The Balaban J connectivity index is 1.06. The van der Waals surface area contributed by atoms with Gasteiger partial charge in [0.05, 0.1) is 16.8 Å². The fourth-order valence-electron chi connectivity index (χ4n) is 11.6. The Morgan fingerprint density at radius 1 is 0.373 bits per heavy atom. The van der Waals surface area contributed by atoms with Crippen molar-refractivity contribution in [2.24, 2.45) is 0 Å². The van der Waals surface area contributed by atoms with Crippen LogP contribution in [0.25, 0.3) is 42.4 Å². The molecule has 14 rings (SSSR count). The van der Waals surface area contributed by atoms with Gasteiger partial charge in [-0.1, -0.05) is 163 Å². The quantitative estimate of drug-likeness (QED) is 0.152. The van der Waals surface area contributed by atoms with Gasteiger partial charge in [0, 0.05) is 35.7 Å². The van der Waals surface area contributed by atoms with E-state index in [2.05, 4.69) is 205 Å². The molecule has 274 valence electrons. The van der Waals surface area contributed by atoms with Gasteiger partial charge in [0.25, 0.3) is 0 Å². The molecule has 0 atom stereocenters. The van der Waals surface area contributed by atoms with Gasteiger partial charge in [0.1, 0.15) is 0 Å². The lowest BCUT2D eigenvalue weighted by Gasteiger charge is -2.49. The average Bonchev–Trinajstić information content (AvgIpc) is 3.92. The van der Waals surface area contributed by atoms with Gasteiger partial charge in [-0.15, -0.1) is 11.3 Å². The molecule has 0 unspecified atom stereocenters. The lowest BCUT2D eigenvalue weighted by atomic mass is 9.62. The fourth-order valence-corrected chi connectivity index (χ4v) is 19.6. The molecule has 0 bridgehead atoms. The molecule has 0 aliphatic carbocycles. The van der Waals surface area contributed by atoms with Crippen molar-refractivity contribution in [1.82, 2.24) is 0 Å². The summed E-state index contributed by atoms with van der Waals surface area (Å²) in [7, 11) is -2.63. The predicted octanol–water partition coefficient (Wildman–Crippen LogP) is 12.0. The molecule has 0 radical (unpaired) electrons. The third-order valence-electron chi connectivity index (χ3n) is 13.7. The van der Waals surface area contributed by atoms with Crippen LogP contribution in [0.15, 0.2) is 210 Å². The summed E-state index contributed by atoms with van der Waals surface area (Å²) in [6, 6.07) is 76.8. The number of anilines is 3. The normalized spacial score (nSPS) is 15.3. The summed E-state index contributed by atoms with van der Waals surface area (Å²) in [6.07, 6.45) is 0. The smallest absolute Gasteiger partial charge is 0.182 e. The minimum Gasteiger partial charge on any atom is -0.310 e. The molecule has 1 aromatic heterocycles. The summed E-state index contributed by atoms with van der Waals surface area (Å²) in [5.41, 5.74) is 14.0. The van der Waals surface area contributed by atoms with Crippen LogP contribution >= 0.6 is 23.1 Å². The van der Waals surface area contributed by atoms with Crippen molar-refractivity contribution >= 4 is 89.2 Å². The van der Waals surface area contributed by atoms with Gasteiger partial charge in [0.2, 0.25) is 0 Å². The topological polar surface area (TPSA) is 3.24 Å². The third kappa shape index (κ3) is 3.93. The Morgan fingerprint density at radius 2 is 0.915 bits per heavy atom. The van der Waals surface area contributed by atoms with Crippen LogP contribution in [-0.2, 0) is 5.41 Å². The Hall–Kier alpha value is -6.43. The number of fused-ring (bicyclic) bond motifs is 21. The summed E-state index contributed by atoms with van der Waals surface area (Å²) in [6.45, 7) is 0. The highest BCUT2D eigenvalue weighted by molar-refractivity contribution is 7.99. The molecule has 4 heteroatoms. The van der Waals surface area contributed by atoms with Crippen molar-refractivity contribution in [2.75, 3.05) is 4.90 Å². The van der Waals surface area contributed by atoms with E-state index >= 15 is 0 Å². The van der Waals surface area contributed by atoms with Crippen LogP contribution in [0, 0.1) is 0 Å². The molecule has 0 N–H and O–H groups in total. The van der Waals surface area contributed by atoms with E-state index in [0.29, 0.717) is 0 Å². The minimum absolute atomic E-state index is 0.523. The summed E-state index contributed by atoms with van der Waals surface area (Å²) in [5.74, 6) is 0. The van der Waals surface area contributed by atoms with Crippen molar-refractivity contribution in [3.8, 4) is 22.3 Å². The molecule has 4 aliphatic heterocycles. The predicted molar refractivity (Wildman–Crippen MR) is 252 cm³/mol. The Labute approximate surface area is 351 Å². The first kappa shape index (κ1) is 32.5. The fraction of sp³-hybridized carbons (Fsp3) is 0.0182. The van der Waals surface area contributed by atoms with E-state index in [-0.39, 0.29) is 0 Å². The third-order valence-corrected chi connectivity index (χ3v) is 21.0. The van der Waals surface area contributed by atoms with Crippen LogP contribution < -0.4 is 25.6 Å². The molecule has 10 aromatic rings. The van der Waals surface area contributed by atoms with Crippen molar-refractivity contribution in [2.45, 2.75) is 15.2 Å². The van der Waals surface area contributed by atoms with Gasteiger partial charge in [-0.2, -0.15) is 0 Å². The molecule has 5 heterocycles. The average molecular weight is 800 g/mol. The molecule has 4 aliphatic rings. The molecule has 9 aromatic carbocycles. The van der Waals surface area contributed by atoms with Gasteiger partial charge in [-0.3, -0.25) is 0 Å². The van der Waals surface area contributed by atoms with Gasteiger partial charge in [0.15, 0.2) is 8.07 Å². The van der Waals surface area contributed by atoms with E-state index in [4.69, 9.17) is 0 Å². The standard InChI is InChI=1S/C55H33NS2Si/c1-10-24-47-35(15-1)40-32-44-50(33-49(40)57-47)58-48-25-11-7-21-43(48)55(44)41-19-5-8-22-45(41)56(46-23-9-6-20-42(46)55)34-29-30-39-38-18-4-14-28-53(38)59(54(39)31-34)51-26-12-2-16-36(51)37-17-3-13-27-52(37)59/h1-33H. The number of nitrogens with zero attached hydrogens (tertiary/aromatic N) is 1. The van der Waals surface area contributed by atoms with Crippen LogP contribution in [0.3, 0.4) is 0 Å². The molecule has 0 fully saturated rings. The maximum atomic E-state index is 2.59. The largest absolute Gasteiger partial charge is 0.310 e. The molecule has 1 nitrogen and oxygen atoms in total. The number of benzene rings is 9. The summed E-state index contributed by atoms with van der Waals surface area (Å²) in [4.78, 5) is 5.24. The van der Waals surface area contributed by atoms with Crippen LogP contribution in [0.4, 0.5) is 17.1 Å². The van der Waals surface area contributed by atoms with E-state index in [1.54, 1.807) is 0 Å². The van der Waals surface area contributed by atoms with Gasteiger partial charge in [-0.25, -0.2) is 0 Å². The highest BCUT2D eigenvalue weighted by atomic mass is 32.2. The number of para-hydroxylation sites is 2. The van der Waals surface area contributed by atoms with Crippen LogP contribution in [0.5, 0.6) is 0 Å². The summed E-state index contributed by atoms with van der Waals surface area (Å²) in [5, 5.41) is 8.67. The molecule has 0 saturated heterocycles. The van der Waals surface area contributed by atoms with Gasteiger partial charge >= 0.3 is 0 Å². The van der Waals surface area contributed by atoms with Crippen molar-refractivity contribution in [3.05, 3.63) is 222 Å². The van der Waals surface area contributed by atoms with Crippen LogP contribution in [0.1, 0.15) is 22.3 Å². The highest BCUT2D eigenvalue weighted by Crippen LogP contribution is 2.63. The van der Waals surface area contributed by atoms with Gasteiger partial charge < -0.3 is 4.90 Å². The first-order chi connectivity index (χ1) is 29.3. The lowest BCUT2D eigenvalue weighted by molar-refractivity contribution is 0.694. The molecule has 59 heavy (non-hydrogen) atoms. The molecule has 0 amide bonds. The van der Waals surface area contributed by atoms with Crippen molar-refractivity contribution in [3.63, 3.8) is 0 Å². The number of thiophene rings is 1. The van der Waals surface area contributed by atoms with Gasteiger partial charge in [-0.05, 0) is 114 Å². The summed E-state index contributed by atoms with van der Waals surface area (Å²) >= 11 is 3.83. The number of rotatable bonds is 1. The van der Waals surface area contributed by atoms with Crippen LogP contribution in [-0.4, -0.2) is 8.07 Å². The zero-order chi connectivity index (χ0) is 38.5. The summed E-state index contributed by atoms with van der Waals surface area (Å²) < 4.78 is 2.68. The van der Waals surface area contributed by atoms with Crippen LogP contribution in [0.2, 0.25) is 0 Å². The van der Waals surface area contributed by atoms with Crippen molar-refractivity contribution < 1.29 is 0 Å². The van der Waals surface area contributed by atoms with E-state index in [9.17, 15) is 0 Å². The Kier molecular flexibility index (Phi) is 6.40. The second kappa shape index (κ2) is 11.6. The maximum absolute atomic E-state index is 2.63. The monoisotopic (exact) mass is 799 g/mol. The SMILES string of the molecule is c1ccc2c(c1)Sc1cc3sc4ccccc4c3cc1C21c2ccccc2N(c2ccc3c(c2)[Si]2(c4ccccc4-c4ccccc42)c2ccccc2-3)c2ccccc21. The first-order valence-electron chi connectivity index (χ1n) is 20.4. The molecule has 0 saturated carbocycles. The second-order valence-corrected chi connectivity index (χ2v) is 22.1. The van der Waals surface area contributed by atoms with E-state index in [1.807, 2.05) is 23.1 Å². The Bertz CT molecular complexity index is 3360. The second-order valence-electron chi connectivity index (χ2n) is 16.3. The number of hydrogen-bond donors (Lipinski definition) is 0. The number of hydrogen-bond acceptors (Lipinski definition) is 3. The molecule has 2 spiro atoms. The first-order valence-corrected chi connectivity index (χ1v) is 24.1. The molecular formula is C55H33NS2Si. The lowest BCUT2D eigenvalue weighted by Crippen LogP contribution is -2.70. The van der Waals surface area contributed by atoms with E-state index < -0.39 is 13.5 Å². The van der Waals surface area contributed by atoms with E-state index in [1.165, 1.54) is 112 Å². The Morgan fingerprint density at radius 3 is 1.59 bits per heavy atom. The minimum atomic E-state index is -2.63. The highest BCUT2D eigenvalue weighted by Gasteiger charge is 2.55. The van der Waals surface area contributed by atoms with Crippen molar-refractivity contribution in [1.29, 1.82) is 0 Å². The molecular weight excluding hydrogens is 767 g/mol. The maximum Gasteiger partial charge on any atom is 0.182 e. The van der Waals surface area contributed by atoms with E-state index in [0.717, 1.165) is 0 Å².